The third-order valence-electron chi connectivity index (χ3n) is 3.88. The molecule has 0 spiro atoms. The van der Waals surface area contributed by atoms with Gasteiger partial charge in [0.1, 0.15) is 0 Å². The Balaban J connectivity index is 2.27. The molecule has 10 nitrogen and oxygen atoms in total. The molecule has 1 aromatic carbocycles. The van der Waals surface area contributed by atoms with E-state index in [2.05, 4.69) is 15.5 Å². The summed E-state index contributed by atoms with van der Waals surface area (Å²) in [5.74, 6) is -0.158. The molecule has 0 amide bonds. The highest BCUT2D eigenvalue weighted by molar-refractivity contribution is 7.89. The lowest BCUT2D eigenvalue weighted by Gasteiger charge is -2.15. The van der Waals surface area contributed by atoms with Crippen molar-refractivity contribution in [3.05, 3.63) is 35.5 Å². The highest BCUT2D eigenvalue weighted by Crippen LogP contribution is 2.24. The van der Waals surface area contributed by atoms with Gasteiger partial charge in [0, 0.05) is 31.7 Å². The van der Waals surface area contributed by atoms with E-state index in [1.807, 2.05) is 20.8 Å². The monoisotopic (exact) mass is 426 g/mol. The van der Waals surface area contributed by atoms with Crippen LogP contribution < -0.4 is 5.32 Å². The van der Waals surface area contributed by atoms with E-state index in [1.54, 1.807) is 0 Å². The number of ether oxygens (including phenoxy) is 1. The average molecular weight is 426 g/mol. The molecule has 29 heavy (non-hydrogen) atoms. The van der Waals surface area contributed by atoms with Crippen LogP contribution in [0.5, 0.6) is 0 Å². The van der Waals surface area contributed by atoms with E-state index in [9.17, 15) is 13.2 Å². The van der Waals surface area contributed by atoms with Crippen molar-refractivity contribution in [2.75, 3.05) is 32.6 Å². The van der Waals surface area contributed by atoms with E-state index in [1.165, 1.54) is 32.3 Å². The highest BCUT2D eigenvalue weighted by Gasteiger charge is 2.24. The number of nitrogens with zero attached hydrogens (tertiary/aromatic N) is 3. The maximum absolute atomic E-state index is 12.6. The van der Waals surface area contributed by atoms with Gasteiger partial charge in [-0.05, 0) is 18.2 Å². The molecule has 2 N–H and O–H groups in total. The lowest BCUT2D eigenvalue weighted by molar-refractivity contribution is 0.0430. The van der Waals surface area contributed by atoms with Crippen LogP contribution in [0.1, 0.15) is 42.8 Å². The number of aromatic nitrogens is 2. The average Bonchev–Trinajstić information content (AvgIpc) is 3.13. The minimum Gasteiger partial charge on any atom is -0.452 e. The fourth-order valence-electron chi connectivity index (χ4n) is 2.23. The molecule has 2 rings (SSSR count). The number of anilines is 1. The zero-order valence-corrected chi connectivity index (χ0v) is 17.9. The summed E-state index contributed by atoms with van der Waals surface area (Å²) in [5.41, 5.74) is 0.0294. The lowest BCUT2D eigenvalue weighted by atomic mass is 9.96. The molecule has 0 saturated heterocycles. The van der Waals surface area contributed by atoms with Gasteiger partial charge in [0.15, 0.2) is 12.4 Å². The van der Waals surface area contributed by atoms with Crippen molar-refractivity contribution < 1.29 is 27.6 Å². The first-order chi connectivity index (χ1) is 13.5. The molecule has 0 aliphatic rings. The second-order valence-corrected chi connectivity index (χ2v) is 9.63. The molecular weight excluding hydrogens is 400 g/mol. The van der Waals surface area contributed by atoms with Crippen LogP contribution in [0, 0.1) is 0 Å². The van der Waals surface area contributed by atoms with Crippen LogP contribution in [0.2, 0.25) is 0 Å². The van der Waals surface area contributed by atoms with Crippen molar-refractivity contribution >= 4 is 21.7 Å². The number of rotatable bonds is 8. The van der Waals surface area contributed by atoms with Crippen LogP contribution >= 0.6 is 0 Å². The maximum atomic E-state index is 12.6. The predicted molar refractivity (Wildman–Crippen MR) is 105 cm³/mol. The first kappa shape index (κ1) is 22.8. The van der Waals surface area contributed by atoms with Gasteiger partial charge in [-0.15, -0.1) is 0 Å². The summed E-state index contributed by atoms with van der Waals surface area (Å²) in [7, 11) is -0.950. The number of esters is 1. The van der Waals surface area contributed by atoms with Gasteiger partial charge in [0.2, 0.25) is 10.0 Å². The molecule has 0 atom stereocenters. The minimum atomic E-state index is -3.74. The predicted octanol–water partition coefficient (Wildman–Crippen LogP) is 1.38. The van der Waals surface area contributed by atoms with Crippen LogP contribution in [-0.2, 0) is 26.8 Å². The van der Waals surface area contributed by atoms with E-state index in [0.29, 0.717) is 11.5 Å². The summed E-state index contributed by atoms with van der Waals surface area (Å²) in [6, 6.07) is 4.05. The van der Waals surface area contributed by atoms with Crippen LogP contribution in [0.15, 0.2) is 27.6 Å². The molecule has 1 aromatic heterocycles. The van der Waals surface area contributed by atoms with Gasteiger partial charge in [0.25, 0.3) is 5.89 Å². The number of aliphatic hydroxyl groups excluding tert-OH is 1. The van der Waals surface area contributed by atoms with Gasteiger partial charge in [-0.25, -0.2) is 17.5 Å². The summed E-state index contributed by atoms with van der Waals surface area (Å²) >= 11 is 0. The largest absolute Gasteiger partial charge is 0.452 e. The Morgan fingerprint density at radius 3 is 2.55 bits per heavy atom. The lowest BCUT2D eigenvalue weighted by Crippen LogP contribution is -2.23. The highest BCUT2D eigenvalue weighted by atomic mass is 32.2. The molecule has 11 heteroatoms. The Bertz CT molecular complexity index is 963. The van der Waals surface area contributed by atoms with Crippen molar-refractivity contribution in [3.8, 4) is 0 Å². The molecule has 2 aromatic rings. The Morgan fingerprint density at radius 1 is 1.31 bits per heavy atom. The van der Waals surface area contributed by atoms with E-state index in [-0.39, 0.29) is 41.5 Å². The quantitative estimate of drug-likeness (QED) is 0.600. The molecule has 0 aliphatic carbocycles. The normalized spacial score (nSPS) is 12.2. The first-order valence-corrected chi connectivity index (χ1v) is 10.3. The van der Waals surface area contributed by atoms with Gasteiger partial charge < -0.3 is 19.7 Å². The Labute approximate surface area is 169 Å². The molecule has 0 fully saturated rings. The van der Waals surface area contributed by atoms with Crippen molar-refractivity contribution in [2.24, 2.45) is 0 Å². The number of nitrogens with one attached hydrogen (secondary N) is 1. The number of carbonyl (C=O) groups is 1. The van der Waals surface area contributed by atoms with E-state index < -0.39 is 16.0 Å². The molecule has 0 aliphatic heterocycles. The number of hydrogen-bond acceptors (Lipinski definition) is 9. The number of hydrogen-bond donors (Lipinski definition) is 2. The second kappa shape index (κ2) is 8.89. The van der Waals surface area contributed by atoms with Crippen LogP contribution in [0.3, 0.4) is 0 Å². The second-order valence-electron chi connectivity index (χ2n) is 7.48. The van der Waals surface area contributed by atoms with Gasteiger partial charge >= 0.3 is 5.97 Å². The number of carbonyl (C=O) groups excluding carboxylic acids is 1. The van der Waals surface area contributed by atoms with Crippen molar-refractivity contribution in [2.45, 2.75) is 37.7 Å². The van der Waals surface area contributed by atoms with Crippen molar-refractivity contribution in [3.63, 3.8) is 0 Å². The van der Waals surface area contributed by atoms with Gasteiger partial charge in [-0.2, -0.15) is 4.98 Å². The molecule has 0 unspecified atom stereocenters. The first-order valence-electron chi connectivity index (χ1n) is 8.88. The fraction of sp³-hybridized carbons (Fsp3) is 0.500. The molecule has 0 bridgehead atoms. The molecular formula is C18H26N4O6S. The summed E-state index contributed by atoms with van der Waals surface area (Å²) in [6.45, 7) is 5.52. The van der Waals surface area contributed by atoms with E-state index in [4.69, 9.17) is 14.4 Å². The number of benzene rings is 1. The topological polar surface area (TPSA) is 135 Å². The smallest absolute Gasteiger partial charge is 0.340 e. The zero-order chi connectivity index (χ0) is 21.8. The molecule has 160 valence electrons. The molecule has 1 heterocycles. The Hall–Kier alpha value is -2.50. The van der Waals surface area contributed by atoms with Gasteiger partial charge in [0.05, 0.1) is 17.1 Å². The SMILES string of the molecule is CN(C)S(=O)(=O)c1ccc(NCCO)c(C(=O)OCc2nc(C(C)(C)C)no2)c1. The Morgan fingerprint density at radius 2 is 2.00 bits per heavy atom. The third kappa shape index (κ3) is 5.52. The standard InChI is InChI=1S/C18H26N4O6S/c1-18(2,3)17-20-15(28-21-17)11-27-16(24)13-10-12(29(25,26)22(4)5)6-7-14(13)19-8-9-23/h6-7,10,19,23H,8-9,11H2,1-5H3. The molecule has 0 saturated carbocycles. The van der Waals surface area contributed by atoms with Gasteiger partial charge in [-0.1, -0.05) is 25.9 Å². The van der Waals surface area contributed by atoms with Gasteiger partial charge in [-0.3, -0.25) is 0 Å². The van der Waals surface area contributed by atoms with Crippen LogP contribution in [0.25, 0.3) is 0 Å². The summed E-state index contributed by atoms with van der Waals surface area (Å²) < 4.78 is 36.2. The number of aliphatic hydroxyl groups is 1. The summed E-state index contributed by atoms with van der Waals surface area (Å²) in [5, 5.41) is 15.7. The zero-order valence-electron chi connectivity index (χ0n) is 17.1. The fourth-order valence-corrected chi connectivity index (χ4v) is 3.16. The van der Waals surface area contributed by atoms with E-state index >= 15 is 0 Å². The summed E-state index contributed by atoms with van der Waals surface area (Å²) in [4.78, 5) is 16.8. The third-order valence-corrected chi connectivity index (χ3v) is 5.69. The maximum Gasteiger partial charge on any atom is 0.340 e. The van der Waals surface area contributed by atoms with E-state index in [0.717, 1.165) is 4.31 Å². The molecule has 0 radical (unpaired) electrons. The summed E-state index contributed by atoms with van der Waals surface area (Å²) in [6.07, 6.45) is 0. The van der Waals surface area contributed by atoms with Crippen molar-refractivity contribution in [1.29, 1.82) is 0 Å². The van der Waals surface area contributed by atoms with Crippen LogP contribution in [-0.4, -0.2) is 61.2 Å². The van der Waals surface area contributed by atoms with Crippen LogP contribution in [0.4, 0.5) is 5.69 Å². The number of sulfonamides is 1. The minimum absolute atomic E-state index is 0.0111. The Kier molecular flexibility index (Phi) is 6.98. The van der Waals surface area contributed by atoms with Crippen molar-refractivity contribution in [1.82, 2.24) is 14.4 Å².